The topological polar surface area (TPSA) is 20.2 Å². The van der Waals surface area contributed by atoms with E-state index in [1.807, 2.05) is 18.2 Å². The van der Waals surface area contributed by atoms with Crippen LogP contribution in [0.1, 0.15) is 65.4 Å². The standard InChI is InChI=1S/C18H30O/c1-13(2)10-14(3)11-15(4)12-16(5)17-8-6-7-9-18(17)19/h6-9,13-16,19H,10-12H2,1-5H3. The molecule has 1 aromatic rings. The Hall–Kier alpha value is -0.980. The van der Waals surface area contributed by atoms with Gasteiger partial charge in [-0.05, 0) is 54.6 Å². The molecule has 1 heteroatoms. The van der Waals surface area contributed by atoms with Crippen molar-refractivity contribution in [1.29, 1.82) is 0 Å². The van der Waals surface area contributed by atoms with Crippen LogP contribution in [0.3, 0.4) is 0 Å². The van der Waals surface area contributed by atoms with Crippen molar-refractivity contribution in [2.75, 3.05) is 0 Å². The minimum absolute atomic E-state index is 0.433. The molecule has 1 aromatic carbocycles. The van der Waals surface area contributed by atoms with E-state index in [9.17, 15) is 5.11 Å². The first-order valence-corrected chi connectivity index (χ1v) is 7.68. The van der Waals surface area contributed by atoms with Crippen LogP contribution in [0.15, 0.2) is 24.3 Å². The maximum Gasteiger partial charge on any atom is 0.119 e. The normalized spacial score (nSPS) is 16.3. The minimum Gasteiger partial charge on any atom is -0.508 e. The molecule has 1 rings (SSSR count). The Bertz CT molecular complexity index is 370. The number of benzene rings is 1. The molecular formula is C18H30O. The van der Waals surface area contributed by atoms with E-state index in [0.29, 0.717) is 17.6 Å². The lowest BCUT2D eigenvalue weighted by atomic mass is 9.84. The lowest BCUT2D eigenvalue weighted by Gasteiger charge is -2.22. The summed E-state index contributed by atoms with van der Waals surface area (Å²) in [6.45, 7) is 11.5. The summed E-state index contributed by atoms with van der Waals surface area (Å²) in [6.07, 6.45) is 3.76. The molecule has 108 valence electrons. The van der Waals surface area contributed by atoms with Gasteiger partial charge in [0.05, 0.1) is 0 Å². The van der Waals surface area contributed by atoms with E-state index in [-0.39, 0.29) is 0 Å². The molecule has 0 aromatic heterocycles. The van der Waals surface area contributed by atoms with Gasteiger partial charge in [0.1, 0.15) is 5.75 Å². The molecule has 0 fully saturated rings. The molecule has 0 saturated heterocycles. The van der Waals surface area contributed by atoms with E-state index in [1.54, 1.807) is 6.07 Å². The fraction of sp³-hybridized carbons (Fsp3) is 0.667. The molecule has 0 radical (unpaired) electrons. The van der Waals surface area contributed by atoms with Gasteiger partial charge >= 0.3 is 0 Å². The van der Waals surface area contributed by atoms with Crippen LogP contribution in [0, 0.1) is 17.8 Å². The maximum absolute atomic E-state index is 9.89. The summed E-state index contributed by atoms with van der Waals surface area (Å²) < 4.78 is 0. The summed E-state index contributed by atoms with van der Waals surface area (Å²) in [6, 6.07) is 7.74. The first kappa shape index (κ1) is 16.1. The molecule has 0 aliphatic rings. The number of rotatable bonds is 7. The van der Waals surface area contributed by atoms with Gasteiger partial charge < -0.3 is 5.11 Å². The number of aromatic hydroxyl groups is 1. The first-order valence-electron chi connectivity index (χ1n) is 7.68. The quantitative estimate of drug-likeness (QED) is 0.678. The van der Waals surface area contributed by atoms with Gasteiger partial charge in [-0.1, -0.05) is 52.8 Å². The third-order valence-corrected chi connectivity index (χ3v) is 3.90. The highest BCUT2D eigenvalue weighted by molar-refractivity contribution is 5.34. The average molecular weight is 262 g/mol. The summed E-state index contributed by atoms with van der Waals surface area (Å²) in [5.74, 6) is 3.17. The van der Waals surface area contributed by atoms with Crippen molar-refractivity contribution in [2.45, 2.75) is 59.8 Å². The van der Waals surface area contributed by atoms with E-state index >= 15 is 0 Å². The summed E-state index contributed by atoms with van der Waals surface area (Å²) in [5, 5.41) is 9.89. The van der Waals surface area contributed by atoms with Crippen molar-refractivity contribution in [3.8, 4) is 5.75 Å². The zero-order chi connectivity index (χ0) is 14.4. The van der Waals surface area contributed by atoms with Crippen LogP contribution in [-0.4, -0.2) is 5.11 Å². The molecule has 19 heavy (non-hydrogen) atoms. The molecule has 0 heterocycles. The fourth-order valence-electron chi connectivity index (χ4n) is 3.32. The van der Waals surface area contributed by atoms with Crippen LogP contribution >= 0.6 is 0 Å². The second-order valence-electron chi connectivity index (χ2n) is 6.77. The van der Waals surface area contributed by atoms with Crippen LogP contribution in [0.5, 0.6) is 5.75 Å². The molecule has 0 amide bonds. The molecular weight excluding hydrogens is 232 g/mol. The summed E-state index contributed by atoms with van der Waals surface area (Å²) in [5.41, 5.74) is 1.09. The fourth-order valence-corrected chi connectivity index (χ4v) is 3.32. The predicted octanol–water partition coefficient (Wildman–Crippen LogP) is 5.59. The zero-order valence-electron chi connectivity index (χ0n) is 13.2. The Balaban J connectivity index is 2.48. The maximum atomic E-state index is 9.89. The molecule has 0 aliphatic heterocycles. The van der Waals surface area contributed by atoms with Gasteiger partial charge in [0.25, 0.3) is 0 Å². The van der Waals surface area contributed by atoms with E-state index in [0.717, 1.165) is 23.8 Å². The highest BCUT2D eigenvalue weighted by atomic mass is 16.3. The van der Waals surface area contributed by atoms with Gasteiger partial charge in [-0.2, -0.15) is 0 Å². The van der Waals surface area contributed by atoms with E-state index < -0.39 is 0 Å². The SMILES string of the molecule is CC(C)CC(C)CC(C)CC(C)c1ccccc1O. The molecule has 1 nitrogen and oxygen atoms in total. The highest BCUT2D eigenvalue weighted by Crippen LogP contribution is 2.32. The average Bonchev–Trinajstić information content (AvgIpc) is 2.27. The van der Waals surface area contributed by atoms with E-state index in [2.05, 4.69) is 34.6 Å². The lowest BCUT2D eigenvalue weighted by Crippen LogP contribution is -2.09. The van der Waals surface area contributed by atoms with Gasteiger partial charge in [-0.25, -0.2) is 0 Å². The van der Waals surface area contributed by atoms with Crippen molar-refractivity contribution in [3.63, 3.8) is 0 Å². The van der Waals surface area contributed by atoms with E-state index in [4.69, 9.17) is 0 Å². The number of phenols is 1. The molecule has 0 aliphatic carbocycles. The second-order valence-corrected chi connectivity index (χ2v) is 6.77. The third-order valence-electron chi connectivity index (χ3n) is 3.90. The van der Waals surface area contributed by atoms with Gasteiger partial charge in [-0.15, -0.1) is 0 Å². The Labute approximate surface area is 119 Å². The molecule has 1 N–H and O–H groups in total. The van der Waals surface area contributed by atoms with E-state index in [1.165, 1.54) is 12.8 Å². The monoisotopic (exact) mass is 262 g/mol. The third kappa shape index (κ3) is 5.67. The molecule has 0 saturated carbocycles. The summed E-state index contributed by atoms with van der Waals surface area (Å²) in [4.78, 5) is 0. The second kappa shape index (κ2) is 7.57. The van der Waals surface area contributed by atoms with Gasteiger partial charge in [0, 0.05) is 0 Å². The predicted molar refractivity (Wildman–Crippen MR) is 83.5 cm³/mol. The van der Waals surface area contributed by atoms with Gasteiger partial charge in [-0.3, -0.25) is 0 Å². The Morgan fingerprint density at radius 1 is 0.842 bits per heavy atom. The zero-order valence-corrected chi connectivity index (χ0v) is 13.2. The lowest BCUT2D eigenvalue weighted by molar-refractivity contribution is 0.331. The largest absolute Gasteiger partial charge is 0.508 e. The number of para-hydroxylation sites is 1. The molecule has 3 atom stereocenters. The van der Waals surface area contributed by atoms with Gasteiger partial charge in [0.15, 0.2) is 0 Å². The molecule has 0 spiro atoms. The molecule has 0 bridgehead atoms. The molecule has 3 unspecified atom stereocenters. The van der Waals surface area contributed by atoms with Crippen LogP contribution in [-0.2, 0) is 0 Å². The van der Waals surface area contributed by atoms with Crippen LogP contribution < -0.4 is 0 Å². The van der Waals surface area contributed by atoms with Crippen molar-refractivity contribution in [3.05, 3.63) is 29.8 Å². The number of phenolic OH excluding ortho intramolecular Hbond substituents is 1. The van der Waals surface area contributed by atoms with Crippen molar-refractivity contribution >= 4 is 0 Å². The van der Waals surface area contributed by atoms with Crippen molar-refractivity contribution < 1.29 is 5.11 Å². The van der Waals surface area contributed by atoms with Crippen molar-refractivity contribution in [2.24, 2.45) is 17.8 Å². The summed E-state index contributed by atoms with van der Waals surface area (Å²) >= 11 is 0. The van der Waals surface area contributed by atoms with Crippen LogP contribution in [0.4, 0.5) is 0 Å². The first-order chi connectivity index (χ1) is 8.90. The number of hydrogen-bond donors (Lipinski definition) is 1. The minimum atomic E-state index is 0.433. The number of hydrogen-bond acceptors (Lipinski definition) is 1. The van der Waals surface area contributed by atoms with Crippen molar-refractivity contribution in [1.82, 2.24) is 0 Å². The summed E-state index contributed by atoms with van der Waals surface area (Å²) in [7, 11) is 0. The van der Waals surface area contributed by atoms with Crippen LogP contribution in [0.25, 0.3) is 0 Å². The Morgan fingerprint density at radius 2 is 1.42 bits per heavy atom. The van der Waals surface area contributed by atoms with Gasteiger partial charge in [0.2, 0.25) is 0 Å². The Morgan fingerprint density at radius 3 is 2.00 bits per heavy atom. The highest BCUT2D eigenvalue weighted by Gasteiger charge is 2.16. The Kier molecular flexibility index (Phi) is 6.41. The van der Waals surface area contributed by atoms with Crippen LogP contribution in [0.2, 0.25) is 0 Å². The smallest absolute Gasteiger partial charge is 0.119 e.